The number of rotatable bonds is 3. The lowest BCUT2D eigenvalue weighted by molar-refractivity contribution is -0.0107. The Kier molecular flexibility index (Phi) is 4.53. The van der Waals surface area contributed by atoms with Crippen LogP contribution in [0.4, 0.5) is 0 Å². The zero-order valence-electron chi connectivity index (χ0n) is 11.6. The summed E-state index contributed by atoms with van der Waals surface area (Å²) in [4.78, 5) is 14.2. The highest BCUT2D eigenvalue weighted by Crippen LogP contribution is 2.22. The summed E-state index contributed by atoms with van der Waals surface area (Å²) in [5, 5.41) is 10.1. The largest absolute Gasteiger partial charge is 0.388 e. The molecule has 1 atom stereocenters. The van der Waals surface area contributed by atoms with Crippen molar-refractivity contribution < 1.29 is 9.90 Å². The molecular weight excluding hydrogens is 258 g/mol. The third kappa shape index (κ3) is 3.74. The van der Waals surface area contributed by atoms with Gasteiger partial charge in [0, 0.05) is 24.4 Å². The van der Waals surface area contributed by atoms with Gasteiger partial charge >= 0.3 is 0 Å². The van der Waals surface area contributed by atoms with Crippen molar-refractivity contribution in [1.29, 1.82) is 0 Å². The third-order valence-electron chi connectivity index (χ3n) is 3.45. The quantitative estimate of drug-likeness (QED) is 0.924. The number of benzene rings is 1. The molecule has 1 unspecified atom stereocenters. The van der Waals surface area contributed by atoms with Gasteiger partial charge in [0.05, 0.1) is 5.60 Å². The van der Waals surface area contributed by atoms with Gasteiger partial charge in [-0.15, -0.1) is 0 Å². The normalized spacial score (nSPS) is 23.4. The van der Waals surface area contributed by atoms with E-state index in [2.05, 4.69) is 6.26 Å². The molecule has 19 heavy (non-hydrogen) atoms. The van der Waals surface area contributed by atoms with Crippen molar-refractivity contribution >= 4 is 17.7 Å². The molecule has 1 saturated heterocycles. The fraction of sp³-hybridized carbons (Fsp3) is 0.533. The number of thioether (sulfide) groups is 1. The van der Waals surface area contributed by atoms with Gasteiger partial charge in [0.25, 0.3) is 5.91 Å². The molecule has 0 spiro atoms. The van der Waals surface area contributed by atoms with E-state index in [1.807, 2.05) is 24.3 Å². The van der Waals surface area contributed by atoms with Crippen LogP contribution in [0, 0.1) is 0 Å². The van der Waals surface area contributed by atoms with Crippen molar-refractivity contribution in [3.63, 3.8) is 0 Å². The Bertz CT molecular complexity index is 459. The van der Waals surface area contributed by atoms with Crippen LogP contribution in [0.15, 0.2) is 24.3 Å². The van der Waals surface area contributed by atoms with Crippen molar-refractivity contribution in [2.75, 3.05) is 19.3 Å². The van der Waals surface area contributed by atoms with E-state index in [9.17, 15) is 9.90 Å². The molecule has 2 rings (SSSR count). The predicted octanol–water partition coefficient (Wildman–Crippen LogP) is 2.54. The summed E-state index contributed by atoms with van der Waals surface area (Å²) in [7, 11) is 0. The minimum atomic E-state index is -0.745. The summed E-state index contributed by atoms with van der Waals surface area (Å²) < 4.78 is 0. The van der Waals surface area contributed by atoms with Crippen LogP contribution in [-0.2, 0) is 5.75 Å². The molecule has 0 saturated carbocycles. The second kappa shape index (κ2) is 5.97. The van der Waals surface area contributed by atoms with Crippen molar-refractivity contribution in [3.05, 3.63) is 35.4 Å². The first kappa shape index (κ1) is 14.4. The van der Waals surface area contributed by atoms with E-state index in [0.29, 0.717) is 6.54 Å². The molecule has 0 aromatic heterocycles. The van der Waals surface area contributed by atoms with Gasteiger partial charge in [0.15, 0.2) is 0 Å². The topological polar surface area (TPSA) is 40.5 Å². The molecule has 0 aliphatic carbocycles. The van der Waals surface area contributed by atoms with Gasteiger partial charge < -0.3 is 10.0 Å². The maximum absolute atomic E-state index is 12.5. The van der Waals surface area contributed by atoms with Gasteiger partial charge in [0.1, 0.15) is 0 Å². The number of aliphatic hydroxyl groups is 1. The van der Waals surface area contributed by atoms with Crippen LogP contribution in [0.3, 0.4) is 0 Å². The fourth-order valence-corrected chi connectivity index (χ4v) is 3.05. The summed E-state index contributed by atoms with van der Waals surface area (Å²) in [5.74, 6) is 0.946. The highest BCUT2D eigenvalue weighted by atomic mass is 32.2. The number of hydrogen-bond donors (Lipinski definition) is 1. The van der Waals surface area contributed by atoms with Crippen molar-refractivity contribution in [3.8, 4) is 0 Å². The Labute approximate surface area is 119 Å². The average Bonchev–Trinajstić information content (AvgIpc) is 2.37. The molecule has 0 radical (unpaired) electrons. The van der Waals surface area contributed by atoms with E-state index in [0.717, 1.165) is 30.7 Å². The fourth-order valence-electron chi connectivity index (χ4n) is 2.54. The van der Waals surface area contributed by atoms with Crippen LogP contribution in [0.5, 0.6) is 0 Å². The maximum Gasteiger partial charge on any atom is 0.253 e. The summed E-state index contributed by atoms with van der Waals surface area (Å²) in [6.07, 6.45) is 3.68. The molecule has 1 aromatic carbocycles. The lowest BCUT2D eigenvalue weighted by atomic mass is 9.94. The number of β-amino-alcohol motifs (C(OH)–C–C–N with tert-alkyl or cyclic N) is 1. The number of amides is 1. The Morgan fingerprint density at radius 1 is 1.53 bits per heavy atom. The zero-order valence-corrected chi connectivity index (χ0v) is 12.4. The average molecular weight is 279 g/mol. The van der Waals surface area contributed by atoms with E-state index in [4.69, 9.17) is 0 Å². The SMILES string of the molecule is CSCc1cccc(C(=O)N2CCCC(C)(O)C2)c1. The predicted molar refractivity (Wildman–Crippen MR) is 79.4 cm³/mol. The summed E-state index contributed by atoms with van der Waals surface area (Å²) in [5.41, 5.74) is 1.15. The zero-order chi connectivity index (χ0) is 13.9. The molecule has 1 aliphatic rings. The molecule has 104 valence electrons. The van der Waals surface area contributed by atoms with Gasteiger partial charge in [-0.3, -0.25) is 4.79 Å². The minimum absolute atomic E-state index is 0.0305. The molecular formula is C15H21NO2S. The molecule has 1 amide bonds. The van der Waals surface area contributed by atoms with Crippen LogP contribution < -0.4 is 0 Å². The highest BCUT2D eigenvalue weighted by Gasteiger charge is 2.31. The maximum atomic E-state index is 12.5. The van der Waals surface area contributed by atoms with E-state index >= 15 is 0 Å². The molecule has 1 aliphatic heterocycles. The van der Waals surface area contributed by atoms with Gasteiger partial charge in [-0.05, 0) is 43.7 Å². The van der Waals surface area contributed by atoms with E-state index in [1.54, 1.807) is 23.6 Å². The second-order valence-corrected chi connectivity index (χ2v) is 6.33. The number of carbonyl (C=O) groups is 1. The Morgan fingerprint density at radius 3 is 3.00 bits per heavy atom. The van der Waals surface area contributed by atoms with Crippen LogP contribution in [0.1, 0.15) is 35.7 Å². The second-order valence-electron chi connectivity index (χ2n) is 5.46. The van der Waals surface area contributed by atoms with Crippen molar-refractivity contribution in [2.45, 2.75) is 31.1 Å². The summed E-state index contributed by atoms with van der Waals surface area (Å²) in [6.45, 7) is 2.97. The van der Waals surface area contributed by atoms with Crippen molar-refractivity contribution in [1.82, 2.24) is 4.90 Å². The molecule has 1 heterocycles. The van der Waals surface area contributed by atoms with Gasteiger partial charge in [-0.2, -0.15) is 11.8 Å². The Hall–Kier alpha value is -1.00. The van der Waals surface area contributed by atoms with Crippen LogP contribution >= 0.6 is 11.8 Å². The highest BCUT2D eigenvalue weighted by molar-refractivity contribution is 7.97. The first-order valence-corrected chi connectivity index (χ1v) is 8.01. The van der Waals surface area contributed by atoms with E-state index < -0.39 is 5.60 Å². The smallest absolute Gasteiger partial charge is 0.253 e. The van der Waals surface area contributed by atoms with Crippen LogP contribution in [-0.4, -0.2) is 40.9 Å². The first-order chi connectivity index (χ1) is 9.02. The third-order valence-corrected chi connectivity index (χ3v) is 4.07. The minimum Gasteiger partial charge on any atom is -0.388 e. The van der Waals surface area contributed by atoms with Gasteiger partial charge in [0.2, 0.25) is 0 Å². The van der Waals surface area contributed by atoms with E-state index in [1.165, 1.54) is 5.56 Å². The summed E-state index contributed by atoms with van der Waals surface area (Å²) in [6, 6.07) is 7.79. The van der Waals surface area contributed by atoms with Crippen molar-refractivity contribution in [2.24, 2.45) is 0 Å². The van der Waals surface area contributed by atoms with Crippen LogP contribution in [0.2, 0.25) is 0 Å². The Balaban J connectivity index is 2.12. The lowest BCUT2D eigenvalue weighted by Gasteiger charge is -2.36. The molecule has 3 nitrogen and oxygen atoms in total. The van der Waals surface area contributed by atoms with Gasteiger partial charge in [-0.1, -0.05) is 12.1 Å². The van der Waals surface area contributed by atoms with Crippen LogP contribution in [0.25, 0.3) is 0 Å². The molecule has 1 aromatic rings. The Morgan fingerprint density at radius 2 is 2.32 bits per heavy atom. The first-order valence-electron chi connectivity index (χ1n) is 6.61. The monoisotopic (exact) mass is 279 g/mol. The number of hydrogen-bond acceptors (Lipinski definition) is 3. The molecule has 1 N–H and O–H groups in total. The van der Waals surface area contributed by atoms with Gasteiger partial charge in [-0.25, -0.2) is 0 Å². The molecule has 0 bridgehead atoms. The number of nitrogens with zero attached hydrogens (tertiary/aromatic N) is 1. The number of carbonyl (C=O) groups excluding carboxylic acids is 1. The number of piperidine rings is 1. The van der Waals surface area contributed by atoms with E-state index in [-0.39, 0.29) is 5.91 Å². The lowest BCUT2D eigenvalue weighted by Crippen LogP contribution is -2.48. The standard InChI is InChI=1S/C15H21NO2S/c1-15(18)7-4-8-16(11-15)14(17)13-6-3-5-12(9-13)10-19-2/h3,5-6,9,18H,4,7-8,10-11H2,1-2H3. The molecule has 4 heteroatoms. The molecule has 1 fully saturated rings. The summed E-state index contributed by atoms with van der Waals surface area (Å²) >= 11 is 1.75. The number of likely N-dealkylation sites (tertiary alicyclic amines) is 1.